The third kappa shape index (κ3) is 7.01. The first-order valence-corrected chi connectivity index (χ1v) is 16.2. The van der Waals surface area contributed by atoms with Crippen molar-refractivity contribution in [3.05, 3.63) is 149 Å². The number of aryl methyl sites for hydroxylation is 1. The van der Waals surface area contributed by atoms with Crippen LogP contribution in [-0.2, 0) is 23.5 Å². The summed E-state index contributed by atoms with van der Waals surface area (Å²) < 4.78 is 7.18. The first-order chi connectivity index (χ1) is 23.8. The van der Waals surface area contributed by atoms with Crippen molar-refractivity contribution in [3.8, 4) is 5.75 Å². The largest absolute Gasteiger partial charge is 0.497 e. The molecular formula is C39H39N5O5. The number of rotatable bonds is 13. The van der Waals surface area contributed by atoms with E-state index in [4.69, 9.17) is 4.74 Å². The topological polar surface area (TPSA) is 130 Å². The van der Waals surface area contributed by atoms with Gasteiger partial charge in [0.2, 0.25) is 0 Å². The number of ether oxygens (including phenoxy) is 1. The Bertz CT molecular complexity index is 1930. The van der Waals surface area contributed by atoms with Gasteiger partial charge in [0, 0.05) is 35.5 Å². The number of anilines is 2. The summed E-state index contributed by atoms with van der Waals surface area (Å²) in [7, 11) is 1.55. The van der Waals surface area contributed by atoms with Gasteiger partial charge in [-0.05, 0) is 60.0 Å². The summed E-state index contributed by atoms with van der Waals surface area (Å²) in [5, 5.41) is 33.5. The highest BCUT2D eigenvalue weighted by Crippen LogP contribution is 2.47. The third-order valence-electron chi connectivity index (χ3n) is 8.97. The lowest BCUT2D eigenvalue weighted by Gasteiger charge is -2.28. The number of methoxy groups -OCH3 is 1. The van der Waals surface area contributed by atoms with Gasteiger partial charge in [0.15, 0.2) is 5.60 Å². The fourth-order valence-corrected chi connectivity index (χ4v) is 6.16. The summed E-state index contributed by atoms with van der Waals surface area (Å²) >= 11 is 0. The molecule has 2 heterocycles. The minimum atomic E-state index is -1.81. The highest BCUT2D eigenvalue weighted by molar-refractivity contribution is 6.07. The molecule has 0 fully saturated rings. The molecule has 3 atom stereocenters. The summed E-state index contributed by atoms with van der Waals surface area (Å²) in [6.07, 6.45) is 6.22. The molecule has 4 aromatic carbocycles. The highest BCUT2D eigenvalue weighted by atomic mass is 16.5. The van der Waals surface area contributed by atoms with E-state index in [1.165, 1.54) is 0 Å². The van der Waals surface area contributed by atoms with Crippen LogP contribution in [0.4, 0.5) is 11.4 Å². The molecule has 250 valence electrons. The number of nitrogens with zero attached hydrogens (tertiary/aromatic N) is 4. The second-order valence-corrected chi connectivity index (χ2v) is 12.1. The van der Waals surface area contributed by atoms with Gasteiger partial charge in [-0.3, -0.25) is 14.3 Å². The van der Waals surface area contributed by atoms with Crippen LogP contribution in [0.15, 0.2) is 121 Å². The van der Waals surface area contributed by atoms with Gasteiger partial charge in [-0.2, -0.15) is 0 Å². The van der Waals surface area contributed by atoms with Crippen LogP contribution < -0.4 is 15.0 Å². The van der Waals surface area contributed by atoms with Crippen molar-refractivity contribution >= 4 is 23.2 Å². The van der Waals surface area contributed by atoms with Crippen LogP contribution >= 0.6 is 0 Å². The second-order valence-electron chi connectivity index (χ2n) is 12.1. The molecule has 3 N–H and O–H groups in total. The molecule has 0 bridgehead atoms. The number of aliphatic hydroxyl groups is 2. The molecule has 10 nitrogen and oxygen atoms in total. The summed E-state index contributed by atoms with van der Waals surface area (Å²) in [5.74, 6) is -0.907. The lowest BCUT2D eigenvalue weighted by molar-refractivity contribution is -0.139. The Morgan fingerprint density at radius 1 is 1.00 bits per heavy atom. The molecule has 6 rings (SSSR count). The standard InChI is InChI=1S/C39H39N5O5/c1-27(11-9-10-22-43-25-35(41-42-43)33(26-45)29-12-5-3-6-13-29)39(48)34-23-32(49-2)20-21-36(34)44(38(39)47)24-28-16-18-31(19-17-28)40-37(46)30-14-7-4-8-15-30/h3-9,11-21,23,25,27,33,45,48H,10,22,24,26H2,1-2H3,(H,40,46)/b11-9+/t27-,33?,39+/m0/s1. The van der Waals surface area contributed by atoms with E-state index in [-0.39, 0.29) is 25.0 Å². The first kappa shape index (κ1) is 33.3. The van der Waals surface area contributed by atoms with E-state index in [0.717, 1.165) is 11.1 Å². The Labute approximate surface area is 285 Å². The number of nitrogens with one attached hydrogen (secondary N) is 1. The van der Waals surface area contributed by atoms with Crippen molar-refractivity contribution in [3.63, 3.8) is 0 Å². The monoisotopic (exact) mass is 657 g/mol. The van der Waals surface area contributed by atoms with Crippen molar-refractivity contribution in [1.29, 1.82) is 0 Å². The van der Waals surface area contributed by atoms with E-state index in [0.29, 0.717) is 46.9 Å². The number of amides is 2. The molecule has 0 radical (unpaired) electrons. The van der Waals surface area contributed by atoms with Crippen LogP contribution in [-0.4, -0.2) is 50.7 Å². The number of benzene rings is 4. The molecule has 2 amide bonds. The van der Waals surface area contributed by atoms with Gasteiger partial charge < -0.3 is 25.2 Å². The molecule has 1 unspecified atom stereocenters. The van der Waals surface area contributed by atoms with Gasteiger partial charge in [0.1, 0.15) is 5.75 Å². The lowest BCUT2D eigenvalue weighted by atomic mass is 9.83. The molecular weight excluding hydrogens is 618 g/mol. The quantitative estimate of drug-likeness (QED) is 0.139. The molecule has 0 aliphatic carbocycles. The van der Waals surface area contributed by atoms with Crippen molar-refractivity contribution in [2.24, 2.45) is 5.92 Å². The normalized spacial score (nSPS) is 16.8. The molecule has 1 aliphatic heterocycles. The van der Waals surface area contributed by atoms with Crippen LogP contribution in [0, 0.1) is 5.92 Å². The highest BCUT2D eigenvalue weighted by Gasteiger charge is 2.52. The van der Waals surface area contributed by atoms with Gasteiger partial charge >= 0.3 is 0 Å². The van der Waals surface area contributed by atoms with E-state index in [2.05, 4.69) is 15.6 Å². The molecule has 49 heavy (non-hydrogen) atoms. The van der Waals surface area contributed by atoms with Gasteiger partial charge in [0.05, 0.1) is 37.6 Å². The zero-order chi connectivity index (χ0) is 34.4. The summed E-state index contributed by atoms with van der Waals surface area (Å²) in [6, 6.07) is 31.3. The number of carbonyl (C=O) groups excluding carboxylic acids is 2. The average molecular weight is 658 g/mol. The Balaban J connectivity index is 1.13. The van der Waals surface area contributed by atoms with E-state index in [9.17, 15) is 19.8 Å². The molecule has 5 aromatic rings. The van der Waals surface area contributed by atoms with E-state index in [1.54, 1.807) is 59.2 Å². The zero-order valence-electron chi connectivity index (χ0n) is 27.4. The maximum Gasteiger partial charge on any atom is 0.264 e. The Morgan fingerprint density at radius 3 is 2.41 bits per heavy atom. The summed E-state index contributed by atoms with van der Waals surface area (Å²) in [4.78, 5) is 28.2. The van der Waals surface area contributed by atoms with Gasteiger partial charge in [-0.1, -0.05) is 85.0 Å². The molecule has 0 saturated carbocycles. The van der Waals surface area contributed by atoms with Crippen LogP contribution in [0.3, 0.4) is 0 Å². The number of aliphatic hydroxyl groups excluding tert-OH is 1. The fourth-order valence-electron chi connectivity index (χ4n) is 6.16. The van der Waals surface area contributed by atoms with Crippen LogP contribution in [0.2, 0.25) is 0 Å². The number of hydrogen-bond donors (Lipinski definition) is 3. The maximum atomic E-state index is 14.1. The smallest absolute Gasteiger partial charge is 0.264 e. The third-order valence-corrected chi connectivity index (χ3v) is 8.97. The minimum absolute atomic E-state index is 0.0751. The minimum Gasteiger partial charge on any atom is -0.497 e. The molecule has 1 aromatic heterocycles. The lowest BCUT2D eigenvalue weighted by Crippen LogP contribution is -2.44. The summed E-state index contributed by atoms with van der Waals surface area (Å²) in [6.45, 7) is 2.52. The van der Waals surface area contributed by atoms with Crippen molar-refractivity contribution in [1.82, 2.24) is 15.0 Å². The number of fused-ring (bicyclic) bond motifs is 1. The predicted octanol–water partition coefficient (Wildman–Crippen LogP) is 5.68. The summed E-state index contributed by atoms with van der Waals surface area (Å²) in [5.41, 5.74) is 2.98. The Morgan fingerprint density at radius 2 is 1.71 bits per heavy atom. The molecule has 0 saturated heterocycles. The van der Waals surface area contributed by atoms with Crippen molar-refractivity contribution in [2.75, 3.05) is 23.9 Å². The van der Waals surface area contributed by atoms with Gasteiger partial charge in [0.25, 0.3) is 11.8 Å². The predicted molar refractivity (Wildman–Crippen MR) is 187 cm³/mol. The van der Waals surface area contributed by atoms with Crippen molar-refractivity contribution < 1.29 is 24.5 Å². The number of carbonyl (C=O) groups is 2. The van der Waals surface area contributed by atoms with E-state index < -0.39 is 17.4 Å². The second kappa shape index (κ2) is 14.7. The number of aromatic nitrogens is 3. The SMILES string of the molecule is COc1ccc2c(c1)[C@](O)([C@@H](C)/C=C/CCn1cc(C(CO)c3ccccc3)nn1)C(=O)N2Cc1ccc(NC(=O)c2ccccc2)cc1. The average Bonchev–Trinajstić information content (AvgIpc) is 3.69. The van der Waals surface area contributed by atoms with E-state index in [1.807, 2.05) is 85.9 Å². The van der Waals surface area contributed by atoms with Crippen LogP contribution in [0.25, 0.3) is 0 Å². The number of allylic oxidation sites excluding steroid dienone is 1. The van der Waals surface area contributed by atoms with Crippen LogP contribution in [0.5, 0.6) is 5.75 Å². The first-order valence-electron chi connectivity index (χ1n) is 16.2. The zero-order valence-corrected chi connectivity index (χ0v) is 27.4. The molecule has 10 heteroatoms. The van der Waals surface area contributed by atoms with Crippen molar-refractivity contribution in [2.45, 2.75) is 38.0 Å². The van der Waals surface area contributed by atoms with Gasteiger partial charge in [-0.15, -0.1) is 5.10 Å². The van der Waals surface area contributed by atoms with Crippen LogP contribution in [0.1, 0.15) is 52.0 Å². The molecule has 0 spiro atoms. The fraction of sp³-hybridized carbons (Fsp3) is 0.231. The Hall–Kier alpha value is -5.58. The molecule has 1 aliphatic rings. The maximum absolute atomic E-state index is 14.1. The van der Waals surface area contributed by atoms with E-state index >= 15 is 0 Å². The Kier molecular flexibility index (Phi) is 9.98. The van der Waals surface area contributed by atoms with Gasteiger partial charge in [-0.25, -0.2) is 0 Å². The number of hydrogen-bond acceptors (Lipinski definition) is 7.